The van der Waals surface area contributed by atoms with E-state index in [0.717, 1.165) is 57.7 Å². The number of alkyl halides is 3. The zero-order chi connectivity index (χ0) is 17.8. The Morgan fingerprint density at radius 2 is 2.08 bits per heavy atom. The van der Waals surface area contributed by atoms with Crippen molar-refractivity contribution in [3.8, 4) is 6.07 Å². The third-order valence-corrected chi connectivity index (χ3v) is 6.75. The van der Waals surface area contributed by atoms with E-state index < -0.39 is 17.7 Å². The summed E-state index contributed by atoms with van der Waals surface area (Å²) in [5, 5.41) is 12.0. The summed E-state index contributed by atoms with van der Waals surface area (Å²) < 4.78 is 41.6. The van der Waals surface area contributed by atoms with Crippen molar-refractivity contribution in [3.05, 3.63) is 16.0 Å². The van der Waals surface area contributed by atoms with E-state index in [9.17, 15) is 23.2 Å². The highest BCUT2D eigenvalue weighted by atomic mass is 32.2. The maximum atomic E-state index is 13.9. The normalized spacial score (nSPS) is 25.4. The van der Waals surface area contributed by atoms with Gasteiger partial charge in [0.15, 0.2) is 5.17 Å². The van der Waals surface area contributed by atoms with Crippen LogP contribution < -0.4 is 5.32 Å². The fourth-order valence-electron chi connectivity index (χ4n) is 3.34. The summed E-state index contributed by atoms with van der Waals surface area (Å²) in [6, 6.07) is 2.01. The molecule has 1 aromatic heterocycles. The van der Waals surface area contributed by atoms with E-state index in [-0.39, 0.29) is 22.3 Å². The largest absolute Gasteiger partial charge is 0.442 e. The molecule has 1 aromatic rings. The van der Waals surface area contributed by atoms with Gasteiger partial charge in [0, 0.05) is 17.2 Å². The average molecular weight is 386 g/mol. The number of amidine groups is 1. The number of amides is 1. The first-order chi connectivity index (χ1) is 11.9. The number of halogens is 3. The Labute approximate surface area is 149 Å². The summed E-state index contributed by atoms with van der Waals surface area (Å²) in [4.78, 5) is 18.3. The summed E-state index contributed by atoms with van der Waals surface area (Å²) in [5.41, 5.74) is -2.00. The van der Waals surface area contributed by atoms with Crippen molar-refractivity contribution < 1.29 is 18.0 Å². The van der Waals surface area contributed by atoms with Gasteiger partial charge in [-0.3, -0.25) is 9.69 Å². The second-order valence-electron chi connectivity index (χ2n) is 6.06. The van der Waals surface area contributed by atoms with Crippen LogP contribution in [0.3, 0.4) is 0 Å². The molecule has 10 heteroatoms. The summed E-state index contributed by atoms with van der Waals surface area (Å²) in [6.45, 7) is 0.216. The summed E-state index contributed by atoms with van der Waals surface area (Å²) >= 11 is 2.27. The highest BCUT2D eigenvalue weighted by Crippen LogP contribution is 2.46. The number of carbonyl (C=O) groups is 1. The second-order valence-corrected chi connectivity index (χ2v) is 8.23. The van der Waals surface area contributed by atoms with Crippen molar-refractivity contribution in [2.24, 2.45) is 4.99 Å². The molecule has 132 valence electrons. The Kier molecular flexibility index (Phi) is 3.77. The average Bonchev–Trinajstić information content (AvgIpc) is 3.21. The van der Waals surface area contributed by atoms with Crippen LogP contribution in [-0.2, 0) is 17.6 Å². The van der Waals surface area contributed by atoms with Crippen LogP contribution in [-0.4, -0.2) is 40.1 Å². The lowest BCUT2D eigenvalue weighted by Crippen LogP contribution is -2.57. The van der Waals surface area contributed by atoms with Gasteiger partial charge in [0.2, 0.25) is 0 Å². The fourth-order valence-corrected chi connectivity index (χ4v) is 5.62. The van der Waals surface area contributed by atoms with Gasteiger partial charge in [0.25, 0.3) is 5.91 Å². The van der Waals surface area contributed by atoms with Crippen molar-refractivity contribution in [3.63, 3.8) is 0 Å². The Hall–Kier alpha value is -1.73. The second kappa shape index (κ2) is 5.64. The summed E-state index contributed by atoms with van der Waals surface area (Å²) in [5.74, 6) is -0.579. The van der Waals surface area contributed by atoms with E-state index in [1.807, 2.05) is 6.07 Å². The van der Waals surface area contributed by atoms with Gasteiger partial charge in [0.05, 0.1) is 5.56 Å². The summed E-state index contributed by atoms with van der Waals surface area (Å²) in [7, 11) is 0. The van der Waals surface area contributed by atoms with Gasteiger partial charge in [0.1, 0.15) is 11.1 Å². The molecular formula is C15H13F3N4OS2. The van der Waals surface area contributed by atoms with Gasteiger partial charge in [-0.1, -0.05) is 11.8 Å². The number of aryl methyl sites for hydroxylation is 1. The number of hydrogen-bond acceptors (Lipinski definition) is 6. The van der Waals surface area contributed by atoms with E-state index in [4.69, 9.17) is 0 Å². The first kappa shape index (κ1) is 16.7. The monoisotopic (exact) mass is 386 g/mol. The highest BCUT2D eigenvalue weighted by molar-refractivity contribution is 8.14. The molecule has 5 nitrogen and oxygen atoms in total. The van der Waals surface area contributed by atoms with Crippen molar-refractivity contribution in [2.75, 3.05) is 17.6 Å². The predicted molar refractivity (Wildman–Crippen MR) is 89.7 cm³/mol. The first-order valence-corrected chi connectivity index (χ1v) is 9.62. The number of nitrogens with one attached hydrogen (secondary N) is 1. The van der Waals surface area contributed by atoms with Crippen LogP contribution in [0.25, 0.3) is 0 Å². The Balaban J connectivity index is 1.80. The number of nitrogens with zero attached hydrogens (tertiary/aromatic N) is 3. The number of aliphatic imine (C=N–C) groups is 1. The van der Waals surface area contributed by atoms with Crippen LogP contribution in [0.5, 0.6) is 0 Å². The first-order valence-electron chi connectivity index (χ1n) is 7.81. The summed E-state index contributed by atoms with van der Waals surface area (Å²) in [6.07, 6.45) is -1.61. The standard InChI is InChI=1S/C15H13F3N4OS2/c16-15(17,18)14(12(23)22-5-6-24-13(22)21-14)20-11-9(7-19)8-3-1-2-4-10(8)25-11/h20H,1-6H2. The molecule has 0 radical (unpaired) electrons. The third kappa shape index (κ3) is 2.36. The van der Waals surface area contributed by atoms with Crippen molar-refractivity contribution in [1.29, 1.82) is 5.26 Å². The van der Waals surface area contributed by atoms with E-state index in [1.165, 1.54) is 0 Å². The molecule has 1 saturated heterocycles. The number of anilines is 1. The Morgan fingerprint density at radius 1 is 1.32 bits per heavy atom. The molecule has 1 unspecified atom stereocenters. The molecule has 25 heavy (non-hydrogen) atoms. The minimum absolute atomic E-state index is 0.0923. The lowest BCUT2D eigenvalue weighted by atomic mass is 9.96. The van der Waals surface area contributed by atoms with Crippen LogP contribution in [0.15, 0.2) is 4.99 Å². The Morgan fingerprint density at radius 3 is 2.76 bits per heavy atom. The van der Waals surface area contributed by atoms with E-state index >= 15 is 0 Å². The number of fused-ring (bicyclic) bond motifs is 2. The quantitative estimate of drug-likeness (QED) is 0.848. The van der Waals surface area contributed by atoms with Crippen LogP contribution >= 0.6 is 23.1 Å². The number of rotatable bonds is 2. The molecule has 1 aliphatic carbocycles. The number of carbonyl (C=O) groups excluding carboxylic acids is 1. The number of thioether (sulfide) groups is 1. The molecule has 1 amide bonds. The molecule has 4 rings (SSSR count). The topological polar surface area (TPSA) is 68.5 Å². The number of thiophene rings is 1. The van der Waals surface area contributed by atoms with Crippen LogP contribution in [0.1, 0.15) is 28.8 Å². The lowest BCUT2D eigenvalue weighted by molar-refractivity contribution is -0.184. The fraction of sp³-hybridized carbons (Fsp3) is 0.533. The zero-order valence-electron chi connectivity index (χ0n) is 12.9. The molecule has 3 aliphatic rings. The van der Waals surface area contributed by atoms with Crippen LogP contribution in [0.2, 0.25) is 0 Å². The lowest BCUT2D eigenvalue weighted by Gasteiger charge is -2.29. The van der Waals surface area contributed by atoms with E-state index in [1.54, 1.807) is 0 Å². The minimum Gasteiger partial charge on any atom is -0.336 e. The molecule has 1 fully saturated rings. The molecule has 2 aliphatic heterocycles. The number of hydrogen-bond donors (Lipinski definition) is 1. The Bertz CT molecular complexity index is 826. The molecule has 1 atom stereocenters. The maximum absolute atomic E-state index is 13.9. The SMILES string of the molecule is N#Cc1c(NC2(C(F)(F)F)N=C3SCCN3C2=O)sc2c1CCCC2. The van der Waals surface area contributed by atoms with Gasteiger partial charge in [-0.15, -0.1) is 11.3 Å². The molecule has 0 saturated carbocycles. The van der Waals surface area contributed by atoms with Gasteiger partial charge < -0.3 is 5.32 Å². The van der Waals surface area contributed by atoms with E-state index in [0.29, 0.717) is 12.2 Å². The van der Waals surface area contributed by atoms with Gasteiger partial charge in [-0.2, -0.15) is 18.4 Å². The highest BCUT2D eigenvalue weighted by Gasteiger charge is 2.67. The van der Waals surface area contributed by atoms with Crippen molar-refractivity contribution >= 4 is 39.2 Å². The zero-order valence-corrected chi connectivity index (χ0v) is 14.6. The van der Waals surface area contributed by atoms with Crippen LogP contribution in [0, 0.1) is 11.3 Å². The smallest absolute Gasteiger partial charge is 0.336 e. The van der Waals surface area contributed by atoms with Gasteiger partial charge in [-0.05, 0) is 31.2 Å². The molecule has 0 aromatic carbocycles. The molecular weight excluding hydrogens is 373 g/mol. The predicted octanol–water partition coefficient (Wildman–Crippen LogP) is 3.11. The number of nitriles is 1. The third-order valence-electron chi connectivity index (χ3n) is 4.58. The van der Waals surface area contributed by atoms with Gasteiger partial charge in [-0.25, -0.2) is 4.99 Å². The van der Waals surface area contributed by atoms with Crippen LogP contribution in [0.4, 0.5) is 18.2 Å². The minimum atomic E-state index is -4.90. The maximum Gasteiger partial charge on any atom is 0.442 e. The van der Waals surface area contributed by atoms with Crippen molar-refractivity contribution in [1.82, 2.24) is 4.90 Å². The molecule has 1 N–H and O–H groups in total. The molecule has 0 spiro atoms. The van der Waals surface area contributed by atoms with E-state index in [2.05, 4.69) is 10.3 Å². The van der Waals surface area contributed by atoms with Crippen molar-refractivity contribution in [2.45, 2.75) is 37.5 Å². The molecule has 0 bridgehead atoms. The van der Waals surface area contributed by atoms with Gasteiger partial charge >= 0.3 is 11.8 Å². The molecule has 3 heterocycles.